The monoisotopic (exact) mass is 264 g/mol. The summed E-state index contributed by atoms with van der Waals surface area (Å²) in [5.41, 5.74) is 1.36. The minimum Gasteiger partial charge on any atom is -0.422 e. The van der Waals surface area contributed by atoms with Crippen LogP contribution in [0.4, 0.5) is 0 Å². The second kappa shape index (κ2) is 5.27. The van der Waals surface area contributed by atoms with Crippen molar-refractivity contribution in [2.75, 3.05) is 0 Å². The molecule has 0 spiro atoms. The standard InChI is InChI=1S/C14H17ClN2O/c15-11-8-12-14(16-9-11)18-13(17-12)7-6-10-4-2-1-3-5-10/h8-10H,1-7H2. The zero-order valence-electron chi connectivity index (χ0n) is 10.4. The highest BCUT2D eigenvalue weighted by Crippen LogP contribution is 2.28. The number of nitrogens with zero attached hydrogens (tertiary/aromatic N) is 2. The molecule has 0 radical (unpaired) electrons. The van der Waals surface area contributed by atoms with Crippen LogP contribution in [-0.2, 0) is 6.42 Å². The number of fused-ring (bicyclic) bond motifs is 1. The number of hydrogen-bond donors (Lipinski definition) is 0. The van der Waals surface area contributed by atoms with Gasteiger partial charge in [0.05, 0.1) is 5.02 Å². The third kappa shape index (κ3) is 2.66. The van der Waals surface area contributed by atoms with Crippen molar-refractivity contribution in [3.8, 4) is 0 Å². The summed E-state index contributed by atoms with van der Waals surface area (Å²) in [6.07, 6.45) is 10.6. The predicted molar refractivity (Wildman–Crippen MR) is 71.7 cm³/mol. The van der Waals surface area contributed by atoms with E-state index in [1.54, 1.807) is 12.3 Å². The molecule has 0 N–H and O–H groups in total. The van der Waals surface area contributed by atoms with Crippen LogP contribution >= 0.6 is 11.6 Å². The zero-order valence-corrected chi connectivity index (χ0v) is 11.1. The molecule has 0 aromatic carbocycles. The second-order valence-corrected chi connectivity index (χ2v) is 5.56. The van der Waals surface area contributed by atoms with Crippen molar-refractivity contribution in [2.45, 2.75) is 44.9 Å². The largest absolute Gasteiger partial charge is 0.422 e. The Hall–Kier alpha value is -1.09. The highest BCUT2D eigenvalue weighted by atomic mass is 35.5. The molecule has 0 aliphatic heterocycles. The Bertz CT molecular complexity index is 532. The first kappa shape index (κ1) is 12.0. The lowest BCUT2D eigenvalue weighted by molar-refractivity contribution is 0.329. The molecule has 2 aromatic rings. The topological polar surface area (TPSA) is 38.9 Å². The molecular formula is C14H17ClN2O. The first-order valence-electron chi connectivity index (χ1n) is 6.72. The molecule has 18 heavy (non-hydrogen) atoms. The van der Waals surface area contributed by atoms with Gasteiger partial charge < -0.3 is 4.42 Å². The molecule has 2 heterocycles. The average Bonchev–Trinajstić information content (AvgIpc) is 2.79. The van der Waals surface area contributed by atoms with Crippen molar-refractivity contribution in [2.24, 2.45) is 5.92 Å². The van der Waals surface area contributed by atoms with E-state index in [0.29, 0.717) is 10.7 Å². The van der Waals surface area contributed by atoms with Crippen LogP contribution in [0.5, 0.6) is 0 Å². The minimum absolute atomic E-state index is 0.595. The van der Waals surface area contributed by atoms with Gasteiger partial charge in [-0.2, -0.15) is 0 Å². The van der Waals surface area contributed by atoms with Crippen molar-refractivity contribution in [1.82, 2.24) is 9.97 Å². The van der Waals surface area contributed by atoms with Crippen LogP contribution in [-0.4, -0.2) is 9.97 Å². The van der Waals surface area contributed by atoms with Gasteiger partial charge in [0.25, 0.3) is 0 Å². The first-order valence-corrected chi connectivity index (χ1v) is 7.10. The van der Waals surface area contributed by atoms with Gasteiger partial charge in [-0.3, -0.25) is 0 Å². The molecule has 0 amide bonds. The Morgan fingerprint density at radius 1 is 1.28 bits per heavy atom. The number of hydrogen-bond acceptors (Lipinski definition) is 3. The summed E-state index contributed by atoms with van der Waals surface area (Å²) < 4.78 is 5.63. The zero-order chi connectivity index (χ0) is 12.4. The summed E-state index contributed by atoms with van der Waals surface area (Å²) in [7, 11) is 0. The molecule has 0 atom stereocenters. The summed E-state index contributed by atoms with van der Waals surface area (Å²) in [4.78, 5) is 8.58. The third-order valence-electron chi connectivity index (χ3n) is 3.75. The van der Waals surface area contributed by atoms with Gasteiger partial charge in [0, 0.05) is 12.6 Å². The third-order valence-corrected chi connectivity index (χ3v) is 3.96. The molecule has 4 heteroatoms. The first-order chi connectivity index (χ1) is 8.81. The number of halogens is 1. The highest BCUT2D eigenvalue weighted by Gasteiger charge is 2.15. The van der Waals surface area contributed by atoms with Crippen LogP contribution in [0.2, 0.25) is 5.02 Å². The van der Waals surface area contributed by atoms with Crippen molar-refractivity contribution < 1.29 is 4.42 Å². The maximum Gasteiger partial charge on any atom is 0.247 e. The fourth-order valence-electron chi connectivity index (χ4n) is 2.75. The van der Waals surface area contributed by atoms with Crippen LogP contribution in [0.25, 0.3) is 11.2 Å². The average molecular weight is 265 g/mol. The van der Waals surface area contributed by atoms with Gasteiger partial charge in [-0.1, -0.05) is 43.7 Å². The second-order valence-electron chi connectivity index (χ2n) is 5.13. The Morgan fingerprint density at radius 2 is 2.11 bits per heavy atom. The Kier molecular flexibility index (Phi) is 3.50. The molecule has 3 rings (SSSR count). The SMILES string of the molecule is Clc1cnc2oc(CCC3CCCCC3)nc2c1. The number of pyridine rings is 1. The lowest BCUT2D eigenvalue weighted by atomic mass is 9.86. The smallest absolute Gasteiger partial charge is 0.247 e. The summed E-state index contributed by atoms with van der Waals surface area (Å²) in [5, 5.41) is 0.606. The molecular weight excluding hydrogens is 248 g/mol. The summed E-state index contributed by atoms with van der Waals surface area (Å²) >= 11 is 5.88. The van der Waals surface area contributed by atoms with Gasteiger partial charge in [-0.15, -0.1) is 0 Å². The molecule has 96 valence electrons. The maximum atomic E-state index is 5.88. The fraction of sp³-hybridized carbons (Fsp3) is 0.571. The quantitative estimate of drug-likeness (QED) is 0.825. The summed E-state index contributed by atoms with van der Waals surface area (Å²) in [6, 6.07) is 1.80. The van der Waals surface area contributed by atoms with Crippen LogP contribution < -0.4 is 0 Å². The minimum atomic E-state index is 0.595. The van der Waals surface area contributed by atoms with Gasteiger partial charge in [-0.05, 0) is 18.4 Å². The molecule has 3 nitrogen and oxygen atoms in total. The van der Waals surface area contributed by atoms with E-state index in [-0.39, 0.29) is 0 Å². The van der Waals surface area contributed by atoms with Crippen molar-refractivity contribution in [3.63, 3.8) is 0 Å². The molecule has 0 bridgehead atoms. The maximum absolute atomic E-state index is 5.88. The highest BCUT2D eigenvalue weighted by molar-refractivity contribution is 6.30. The Labute approximate surface area is 112 Å². The van der Waals surface area contributed by atoms with E-state index in [4.69, 9.17) is 16.0 Å². The molecule has 0 saturated heterocycles. The van der Waals surface area contributed by atoms with Crippen molar-refractivity contribution >= 4 is 22.8 Å². The number of rotatable bonds is 3. The molecule has 2 aromatic heterocycles. The number of aromatic nitrogens is 2. The van der Waals surface area contributed by atoms with Gasteiger partial charge in [0.2, 0.25) is 5.71 Å². The van der Waals surface area contributed by atoms with E-state index in [1.165, 1.54) is 38.5 Å². The van der Waals surface area contributed by atoms with E-state index in [9.17, 15) is 0 Å². The molecule has 1 fully saturated rings. The number of aryl methyl sites for hydroxylation is 1. The Balaban J connectivity index is 1.67. The van der Waals surface area contributed by atoms with Gasteiger partial charge >= 0.3 is 0 Å². The van der Waals surface area contributed by atoms with Gasteiger partial charge in [0.15, 0.2) is 5.89 Å². The van der Waals surface area contributed by atoms with E-state index >= 15 is 0 Å². The molecule has 1 aliphatic carbocycles. The predicted octanol–water partition coefficient (Wildman–Crippen LogP) is 4.39. The van der Waals surface area contributed by atoms with E-state index < -0.39 is 0 Å². The van der Waals surface area contributed by atoms with Gasteiger partial charge in [0.1, 0.15) is 5.52 Å². The number of oxazole rings is 1. The summed E-state index contributed by atoms with van der Waals surface area (Å²) in [6.45, 7) is 0. The van der Waals surface area contributed by atoms with E-state index in [1.807, 2.05) is 0 Å². The van der Waals surface area contributed by atoms with E-state index in [0.717, 1.165) is 23.7 Å². The normalized spacial score (nSPS) is 17.4. The van der Waals surface area contributed by atoms with E-state index in [2.05, 4.69) is 9.97 Å². The van der Waals surface area contributed by atoms with Crippen molar-refractivity contribution in [1.29, 1.82) is 0 Å². The Morgan fingerprint density at radius 3 is 2.94 bits per heavy atom. The molecule has 1 saturated carbocycles. The molecule has 0 unspecified atom stereocenters. The van der Waals surface area contributed by atoms with Crippen LogP contribution in [0.1, 0.15) is 44.4 Å². The van der Waals surface area contributed by atoms with Crippen LogP contribution in [0.3, 0.4) is 0 Å². The lowest BCUT2D eigenvalue weighted by Crippen LogP contribution is -2.07. The van der Waals surface area contributed by atoms with Crippen LogP contribution in [0, 0.1) is 5.92 Å². The van der Waals surface area contributed by atoms with Gasteiger partial charge in [-0.25, -0.2) is 9.97 Å². The van der Waals surface area contributed by atoms with Crippen molar-refractivity contribution in [3.05, 3.63) is 23.2 Å². The lowest BCUT2D eigenvalue weighted by Gasteiger charge is -2.20. The fourth-order valence-corrected chi connectivity index (χ4v) is 2.91. The van der Waals surface area contributed by atoms with Crippen LogP contribution in [0.15, 0.2) is 16.7 Å². The molecule has 1 aliphatic rings. The summed E-state index contributed by atoms with van der Waals surface area (Å²) in [5.74, 6) is 1.65.